The van der Waals surface area contributed by atoms with Crippen LogP contribution in [0.25, 0.3) is 0 Å². The van der Waals surface area contributed by atoms with Crippen LogP contribution in [0, 0.1) is 23.2 Å². The van der Waals surface area contributed by atoms with E-state index in [2.05, 4.69) is 44.8 Å². The van der Waals surface area contributed by atoms with E-state index in [4.69, 9.17) is 0 Å². The van der Waals surface area contributed by atoms with Crippen molar-refractivity contribution in [3.63, 3.8) is 0 Å². The van der Waals surface area contributed by atoms with Crippen LogP contribution in [0.3, 0.4) is 0 Å². The number of hydrogen-bond acceptors (Lipinski definition) is 2. The average molecular weight is 266 g/mol. The second-order valence-electron chi connectivity index (χ2n) is 8.03. The number of nitrogens with one attached hydrogen (secondary N) is 1. The molecule has 1 aliphatic heterocycles. The lowest BCUT2D eigenvalue weighted by molar-refractivity contribution is 0.108. The highest BCUT2D eigenvalue weighted by molar-refractivity contribution is 4.91. The molecule has 1 saturated carbocycles. The van der Waals surface area contributed by atoms with Gasteiger partial charge in [0.15, 0.2) is 0 Å². The zero-order valence-electron chi connectivity index (χ0n) is 13.7. The summed E-state index contributed by atoms with van der Waals surface area (Å²) in [6.45, 7) is 17.0. The van der Waals surface area contributed by atoms with Gasteiger partial charge in [-0.1, -0.05) is 34.6 Å². The molecule has 0 aromatic carbocycles. The van der Waals surface area contributed by atoms with Crippen molar-refractivity contribution in [2.24, 2.45) is 23.2 Å². The van der Waals surface area contributed by atoms with Crippen molar-refractivity contribution in [2.45, 2.75) is 59.9 Å². The van der Waals surface area contributed by atoms with Crippen molar-refractivity contribution in [1.29, 1.82) is 0 Å². The smallest absolute Gasteiger partial charge is 0.0112 e. The molecule has 1 N–H and O–H groups in total. The molecule has 0 radical (unpaired) electrons. The topological polar surface area (TPSA) is 15.3 Å². The van der Waals surface area contributed by atoms with Crippen molar-refractivity contribution in [3.05, 3.63) is 0 Å². The molecule has 2 rings (SSSR count). The Hall–Kier alpha value is -0.0800. The van der Waals surface area contributed by atoms with E-state index in [1.165, 1.54) is 38.9 Å². The Morgan fingerprint density at radius 2 is 1.95 bits per heavy atom. The minimum absolute atomic E-state index is 0.541. The van der Waals surface area contributed by atoms with E-state index >= 15 is 0 Å². The Balaban J connectivity index is 1.95. The molecular formula is C17H34N2. The summed E-state index contributed by atoms with van der Waals surface area (Å²) in [6, 6.07) is 0.743. The monoisotopic (exact) mass is 266 g/mol. The van der Waals surface area contributed by atoms with E-state index in [0.29, 0.717) is 5.41 Å². The minimum Gasteiger partial charge on any atom is -0.314 e. The van der Waals surface area contributed by atoms with Crippen molar-refractivity contribution in [2.75, 3.05) is 26.2 Å². The average Bonchev–Trinajstić information content (AvgIpc) is 2.63. The lowest BCUT2D eigenvalue weighted by atomic mass is 9.72. The van der Waals surface area contributed by atoms with Crippen LogP contribution >= 0.6 is 0 Å². The Kier molecular flexibility index (Phi) is 4.94. The van der Waals surface area contributed by atoms with Gasteiger partial charge in [-0.25, -0.2) is 0 Å². The molecule has 1 aliphatic carbocycles. The summed E-state index contributed by atoms with van der Waals surface area (Å²) in [5.41, 5.74) is 0.541. The van der Waals surface area contributed by atoms with Crippen LogP contribution in [0.15, 0.2) is 0 Å². The van der Waals surface area contributed by atoms with Gasteiger partial charge in [-0.2, -0.15) is 0 Å². The van der Waals surface area contributed by atoms with E-state index in [1.807, 2.05) is 0 Å². The van der Waals surface area contributed by atoms with Crippen LogP contribution in [-0.2, 0) is 0 Å². The molecule has 4 atom stereocenters. The van der Waals surface area contributed by atoms with E-state index in [0.717, 1.165) is 30.3 Å². The quantitative estimate of drug-likeness (QED) is 0.839. The largest absolute Gasteiger partial charge is 0.314 e. The third-order valence-electron chi connectivity index (χ3n) is 5.37. The predicted octanol–water partition coefficient (Wildman–Crippen LogP) is 3.38. The normalized spacial score (nSPS) is 39.6. The molecule has 1 heterocycles. The molecule has 4 unspecified atom stereocenters. The zero-order chi connectivity index (χ0) is 14.0. The van der Waals surface area contributed by atoms with Gasteiger partial charge in [0, 0.05) is 19.1 Å². The van der Waals surface area contributed by atoms with Crippen LogP contribution in [0.2, 0.25) is 0 Å². The Morgan fingerprint density at radius 1 is 1.21 bits per heavy atom. The first-order valence-electron chi connectivity index (χ1n) is 8.37. The number of likely N-dealkylation sites (tertiary alicyclic amines) is 1. The fourth-order valence-corrected chi connectivity index (χ4v) is 4.39. The molecule has 0 bridgehead atoms. The molecule has 0 aromatic rings. The highest BCUT2D eigenvalue weighted by Gasteiger charge is 2.37. The second kappa shape index (κ2) is 6.13. The molecule has 1 saturated heterocycles. The maximum Gasteiger partial charge on any atom is 0.0112 e. The summed E-state index contributed by atoms with van der Waals surface area (Å²) in [5.74, 6) is 2.62. The number of nitrogens with zero attached hydrogens (tertiary/aromatic N) is 1. The molecule has 0 amide bonds. The summed E-state index contributed by atoms with van der Waals surface area (Å²) < 4.78 is 0. The van der Waals surface area contributed by atoms with E-state index in [1.54, 1.807) is 0 Å². The lowest BCUT2D eigenvalue weighted by Gasteiger charge is -2.42. The van der Waals surface area contributed by atoms with Crippen LogP contribution in [-0.4, -0.2) is 37.1 Å². The van der Waals surface area contributed by atoms with Gasteiger partial charge in [-0.3, -0.25) is 0 Å². The van der Waals surface area contributed by atoms with Crippen molar-refractivity contribution >= 4 is 0 Å². The van der Waals surface area contributed by atoms with Gasteiger partial charge in [-0.15, -0.1) is 0 Å². The van der Waals surface area contributed by atoms with E-state index in [9.17, 15) is 0 Å². The Labute approximate surface area is 120 Å². The molecule has 2 heteroatoms. The number of hydrogen-bond donors (Lipinski definition) is 1. The molecule has 2 aliphatic rings. The third-order valence-corrected chi connectivity index (χ3v) is 5.37. The summed E-state index contributed by atoms with van der Waals surface area (Å²) in [6.07, 6.45) is 4.17. The standard InChI is InChI=1S/C17H34N2/c1-6-18-16-10-13(2)9-14(3)15(16)11-19-8-7-17(4,5)12-19/h13-16,18H,6-12H2,1-5H3. The summed E-state index contributed by atoms with van der Waals surface area (Å²) in [5, 5.41) is 3.76. The van der Waals surface area contributed by atoms with Crippen molar-refractivity contribution in [1.82, 2.24) is 10.2 Å². The van der Waals surface area contributed by atoms with Gasteiger partial charge >= 0.3 is 0 Å². The first-order chi connectivity index (χ1) is 8.91. The maximum atomic E-state index is 3.76. The fraction of sp³-hybridized carbons (Fsp3) is 1.00. The van der Waals surface area contributed by atoms with Crippen molar-refractivity contribution in [3.8, 4) is 0 Å². The van der Waals surface area contributed by atoms with Crippen LogP contribution in [0.5, 0.6) is 0 Å². The van der Waals surface area contributed by atoms with Crippen LogP contribution in [0.4, 0.5) is 0 Å². The van der Waals surface area contributed by atoms with Gasteiger partial charge < -0.3 is 10.2 Å². The van der Waals surface area contributed by atoms with Gasteiger partial charge in [-0.05, 0) is 55.5 Å². The summed E-state index contributed by atoms with van der Waals surface area (Å²) in [4.78, 5) is 2.72. The SMILES string of the molecule is CCNC1CC(C)CC(C)C1CN1CCC(C)(C)C1. The third kappa shape index (κ3) is 3.95. The first-order valence-corrected chi connectivity index (χ1v) is 8.37. The maximum absolute atomic E-state index is 3.76. The van der Waals surface area contributed by atoms with Crippen LogP contribution < -0.4 is 5.32 Å². The molecule has 19 heavy (non-hydrogen) atoms. The van der Waals surface area contributed by atoms with E-state index in [-0.39, 0.29) is 0 Å². The first kappa shape index (κ1) is 15.3. The lowest BCUT2D eigenvalue weighted by Crippen LogP contribution is -2.48. The minimum atomic E-state index is 0.541. The molecule has 2 fully saturated rings. The highest BCUT2D eigenvalue weighted by Crippen LogP contribution is 2.36. The molecule has 2 nitrogen and oxygen atoms in total. The highest BCUT2D eigenvalue weighted by atomic mass is 15.2. The Bertz CT molecular complexity index is 287. The van der Waals surface area contributed by atoms with Crippen LogP contribution in [0.1, 0.15) is 53.9 Å². The van der Waals surface area contributed by atoms with Crippen molar-refractivity contribution < 1.29 is 0 Å². The molecule has 0 aromatic heterocycles. The predicted molar refractivity (Wildman–Crippen MR) is 83.4 cm³/mol. The zero-order valence-corrected chi connectivity index (χ0v) is 13.7. The summed E-state index contributed by atoms with van der Waals surface area (Å²) >= 11 is 0. The molecule has 0 spiro atoms. The molecule has 112 valence electrons. The van der Waals surface area contributed by atoms with Gasteiger partial charge in [0.05, 0.1) is 0 Å². The number of rotatable bonds is 4. The van der Waals surface area contributed by atoms with E-state index < -0.39 is 0 Å². The second-order valence-corrected chi connectivity index (χ2v) is 8.03. The van der Waals surface area contributed by atoms with Gasteiger partial charge in [0.25, 0.3) is 0 Å². The summed E-state index contributed by atoms with van der Waals surface area (Å²) in [7, 11) is 0. The Morgan fingerprint density at radius 3 is 2.53 bits per heavy atom. The van der Waals surface area contributed by atoms with Gasteiger partial charge in [0.2, 0.25) is 0 Å². The molecular weight excluding hydrogens is 232 g/mol. The van der Waals surface area contributed by atoms with Gasteiger partial charge in [0.1, 0.15) is 0 Å². The fourth-order valence-electron chi connectivity index (χ4n) is 4.39.